The average Bonchev–Trinajstić information content (AvgIpc) is 2.65. The highest BCUT2D eigenvalue weighted by Gasteiger charge is 2.40. The van der Waals surface area contributed by atoms with Gasteiger partial charge in [-0.15, -0.1) is 0 Å². The van der Waals surface area contributed by atoms with Gasteiger partial charge in [0, 0.05) is 5.69 Å². The second-order valence-electron chi connectivity index (χ2n) is 8.38. The number of hydrogen-bond acceptors (Lipinski definition) is 1. The van der Waals surface area contributed by atoms with Crippen LogP contribution in [0.15, 0.2) is 24.3 Å². The molecular weight excluding hydrogens is 302 g/mol. The Morgan fingerprint density at radius 2 is 1.44 bits per heavy atom. The Labute approximate surface area is 156 Å². The van der Waals surface area contributed by atoms with E-state index in [1.807, 2.05) is 0 Å². The molecule has 1 aromatic rings. The van der Waals surface area contributed by atoms with Crippen molar-refractivity contribution in [3.05, 3.63) is 29.8 Å². The SMILES string of the molecule is CCCCCCCCC(CCC)C1(c2ccc(N)cc2)CCCCC1. The maximum absolute atomic E-state index is 5.97. The molecule has 1 nitrogen and oxygen atoms in total. The third kappa shape index (κ3) is 5.76. The molecule has 1 atom stereocenters. The lowest BCUT2D eigenvalue weighted by Crippen LogP contribution is -2.37. The molecule has 1 unspecified atom stereocenters. The van der Waals surface area contributed by atoms with E-state index in [9.17, 15) is 0 Å². The normalized spacial score (nSPS) is 18.2. The van der Waals surface area contributed by atoms with E-state index in [4.69, 9.17) is 5.73 Å². The number of rotatable bonds is 11. The van der Waals surface area contributed by atoms with Crippen LogP contribution in [0, 0.1) is 5.92 Å². The second-order valence-corrected chi connectivity index (χ2v) is 8.38. The van der Waals surface area contributed by atoms with Gasteiger partial charge in [0.1, 0.15) is 0 Å². The molecule has 0 spiro atoms. The first kappa shape index (κ1) is 20.3. The van der Waals surface area contributed by atoms with Gasteiger partial charge in [-0.05, 0) is 54.7 Å². The molecular formula is C24H41N. The molecule has 1 aromatic carbocycles. The van der Waals surface area contributed by atoms with Crippen molar-refractivity contribution in [3.63, 3.8) is 0 Å². The van der Waals surface area contributed by atoms with E-state index in [0.29, 0.717) is 5.41 Å². The summed E-state index contributed by atoms with van der Waals surface area (Å²) in [6, 6.07) is 8.92. The molecule has 1 aliphatic rings. The number of benzene rings is 1. The van der Waals surface area contributed by atoms with E-state index in [0.717, 1.165) is 11.6 Å². The summed E-state index contributed by atoms with van der Waals surface area (Å²) in [6.07, 6.45) is 19.6. The van der Waals surface area contributed by atoms with Gasteiger partial charge in [0.05, 0.1) is 0 Å². The highest BCUT2D eigenvalue weighted by atomic mass is 14.5. The zero-order chi connectivity index (χ0) is 18.0. The van der Waals surface area contributed by atoms with Crippen LogP contribution < -0.4 is 5.73 Å². The van der Waals surface area contributed by atoms with Gasteiger partial charge >= 0.3 is 0 Å². The van der Waals surface area contributed by atoms with Crippen LogP contribution in [-0.2, 0) is 5.41 Å². The molecule has 0 saturated heterocycles. The van der Waals surface area contributed by atoms with Crippen LogP contribution in [-0.4, -0.2) is 0 Å². The molecule has 0 aromatic heterocycles. The van der Waals surface area contributed by atoms with Crippen LogP contribution in [0.3, 0.4) is 0 Å². The molecule has 2 N–H and O–H groups in total. The molecule has 2 rings (SSSR count). The van der Waals surface area contributed by atoms with E-state index in [1.54, 1.807) is 5.56 Å². The number of nitrogens with two attached hydrogens (primary N) is 1. The summed E-state index contributed by atoms with van der Waals surface area (Å²) in [7, 11) is 0. The predicted octanol–water partition coefficient (Wildman–Crippen LogP) is 7.64. The number of hydrogen-bond donors (Lipinski definition) is 1. The maximum Gasteiger partial charge on any atom is 0.0314 e. The molecule has 142 valence electrons. The summed E-state index contributed by atoms with van der Waals surface area (Å²) in [6.45, 7) is 4.67. The number of nitrogen functional groups attached to an aromatic ring is 1. The van der Waals surface area contributed by atoms with E-state index in [2.05, 4.69) is 38.1 Å². The van der Waals surface area contributed by atoms with Crippen molar-refractivity contribution in [2.45, 2.75) is 109 Å². The fraction of sp³-hybridized carbons (Fsp3) is 0.750. The zero-order valence-electron chi connectivity index (χ0n) is 16.9. The Morgan fingerprint density at radius 3 is 2.08 bits per heavy atom. The molecule has 1 heteroatoms. The van der Waals surface area contributed by atoms with Crippen molar-refractivity contribution in [3.8, 4) is 0 Å². The van der Waals surface area contributed by atoms with Gasteiger partial charge < -0.3 is 5.73 Å². The van der Waals surface area contributed by atoms with Crippen LogP contribution in [0.1, 0.15) is 109 Å². The van der Waals surface area contributed by atoms with E-state index >= 15 is 0 Å². The van der Waals surface area contributed by atoms with E-state index in [-0.39, 0.29) is 0 Å². The van der Waals surface area contributed by atoms with Gasteiger partial charge in [0.2, 0.25) is 0 Å². The summed E-state index contributed by atoms with van der Waals surface area (Å²) in [4.78, 5) is 0. The summed E-state index contributed by atoms with van der Waals surface area (Å²) >= 11 is 0. The average molecular weight is 344 g/mol. The van der Waals surface area contributed by atoms with Gasteiger partial charge in [-0.3, -0.25) is 0 Å². The minimum atomic E-state index is 0.422. The molecule has 0 amide bonds. The Bertz CT molecular complexity index is 455. The standard InChI is InChI=1S/C24H41N/c1-3-5-6-7-8-10-14-21(13-4-2)24(19-11-9-12-20-24)22-15-17-23(25)18-16-22/h15-18,21H,3-14,19-20,25H2,1-2H3. The minimum absolute atomic E-state index is 0.422. The van der Waals surface area contributed by atoms with Crippen molar-refractivity contribution in [1.82, 2.24) is 0 Å². The highest BCUT2D eigenvalue weighted by Crippen LogP contribution is 2.48. The first-order valence-electron chi connectivity index (χ1n) is 11.1. The van der Waals surface area contributed by atoms with E-state index in [1.165, 1.54) is 89.9 Å². The van der Waals surface area contributed by atoms with Crippen molar-refractivity contribution < 1.29 is 0 Å². The van der Waals surface area contributed by atoms with Crippen LogP contribution >= 0.6 is 0 Å². The molecule has 0 heterocycles. The quantitative estimate of drug-likeness (QED) is 0.324. The van der Waals surface area contributed by atoms with Crippen molar-refractivity contribution in [1.29, 1.82) is 0 Å². The Morgan fingerprint density at radius 1 is 0.800 bits per heavy atom. The highest BCUT2D eigenvalue weighted by molar-refractivity contribution is 5.42. The molecule has 1 fully saturated rings. The van der Waals surface area contributed by atoms with Gasteiger partial charge in [-0.25, -0.2) is 0 Å². The van der Waals surface area contributed by atoms with Crippen LogP contribution in [0.4, 0.5) is 5.69 Å². The fourth-order valence-corrected chi connectivity index (χ4v) is 5.15. The van der Waals surface area contributed by atoms with Crippen molar-refractivity contribution in [2.24, 2.45) is 5.92 Å². The minimum Gasteiger partial charge on any atom is -0.399 e. The molecule has 1 saturated carbocycles. The Hall–Kier alpha value is -0.980. The molecule has 0 aliphatic heterocycles. The topological polar surface area (TPSA) is 26.0 Å². The summed E-state index contributed by atoms with van der Waals surface area (Å²) in [5.41, 5.74) is 8.87. The Kier molecular flexibility index (Phi) is 8.85. The van der Waals surface area contributed by atoms with Crippen LogP contribution in [0.25, 0.3) is 0 Å². The first-order valence-corrected chi connectivity index (χ1v) is 11.1. The van der Waals surface area contributed by atoms with Gasteiger partial charge in [0.25, 0.3) is 0 Å². The second kappa shape index (κ2) is 10.9. The lowest BCUT2D eigenvalue weighted by Gasteiger charge is -2.45. The molecule has 25 heavy (non-hydrogen) atoms. The largest absolute Gasteiger partial charge is 0.399 e. The smallest absolute Gasteiger partial charge is 0.0314 e. The van der Waals surface area contributed by atoms with Gasteiger partial charge in [-0.1, -0.05) is 90.2 Å². The number of unbranched alkanes of at least 4 members (excludes halogenated alkanes) is 5. The fourth-order valence-electron chi connectivity index (χ4n) is 5.15. The monoisotopic (exact) mass is 343 g/mol. The Balaban J connectivity index is 2.07. The lowest BCUT2D eigenvalue weighted by atomic mass is 9.60. The van der Waals surface area contributed by atoms with E-state index < -0.39 is 0 Å². The van der Waals surface area contributed by atoms with Crippen LogP contribution in [0.2, 0.25) is 0 Å². The lowest BCUT2D eigenvalue weighted by molar-refractivity contribution is 0.165. The van der Waals surface area contributed by atoms with Crippen molar-refractivity contribution in [2.75, 3.05) is 5.73 Å². The summed E-state index contributed by atoms with van der Waals surface area (Å²) in [5, 5.41) is 0. The molecule has 0 bridgehead atoms. The van der Waals surface area contributed by atoms with Crippen LogP contribution in [0.5, 0.6) is 0 Å². The third-order valence-electron chi connectivity index (χ3n) is 6.56. The molecule has 0 radical (unpaired) electrons. The maximum atomic E-state index is 5.97. The molecule has 1 aliphatic carbocycles. The summed E-state index contributed by atoms with van der Waals surface area (Å²) < 4.78 is 0. The number of anilines is 1. The summed E-state index contributed by atoms with van der Waals surface area (Å²) in [5.74, 6) is 0.854. The first-order chi connectivity index (χ1) is 12.2. The zero-order valence-corrected chi connectivity index (χ0v) is 16.9. The van der Waals surface area contributed by atoms with Crippen molar-refractivity contribution >= 4 is 5.69 Å². The van der Waals surface area contributed by atoms with Gasteiger partial charge in [-0.2, -0.15) is 0 Å². The van der Waals surface area contributed by atoms with Gasteiger partial charge in [0.15, 0.2) is 0 Å². The third-order valence-corrected chi connectivity index (χ3v) is 6.56. The predicted molar refractivity (Wildman–Crippen MR) is 112 cm³/mol.